The number of carbonyl (C=O) groups is 4. The van der Waals surface area contributed by atoms with Gasteiger partial charge in [0.25, 0.3) is 0 Å². The van der Waals surface area contributed by atoms with Crippen LogP contribution >= 0.6 is 15.9 Å². The van der Waals surface area contributed by atoms with Gasteiger partial charge in [-0.1, -0.05) is 28.1 Å². The van der Waals surface area contributed by atoms with Crippen molar-refractivity contribution in [3.63, 3.8) is 0 Å². The van der Waals surface area contributed by atoms with Crippen LogP contribution in [-0.2, 0) is 25.7 Å². The highest BCUT2D eigenvalue weighted by Crippen LogP contribution is 2.10. The van der Waals surface area contributed by atoms with Gasteiger partial charge in [0.1, 0.15) is 12.1 Å². The van der Waals surface area contributed by atoms with Gasteiger partial charge in [0, 0.05) is 12.2 Å². The molecule has 1 aromatic rings. The van der Waals surface area contributed by atoms with Crippen LogP contribution in [0, 0.1) is 0 Å². The summed E-state index contributed by atoms with van der Waals surface area (Å²) in [5.41, 5.74) is 6.26. The SMILES string of the molecule is [B]C(=O)CNC(=O)[C@H](CCCCN)NC(=O)[C@@H](NCc1ccc(NC(=O)CBr)cc1)[C@@H](C)O. The fourth-order valence-electron chi connectivity index (χ4n) is 2.93. The summed E-state index contributed by atoms with van der Waals surface area (Å²) in [6.45, 7) is 1.83. The minimum absolute atomic E-state index is 0.174. The predicted molar refractivity (Wildman–Crippen MR) is 130 cm³/mol. The standard InChI is InChI=1S/C21H31BBrN5O5/c1-13(29)19(25-11-14-5-7-15(8-6-14)27-18(31)10-23)21(33)28-16(4-2-3-9-24)20(32)26-12-17(22)30/h5-8,13,16,19,25,29H,2-4,9-12,24H2,1H3,(H,26,32)(H,27,31)(H,28,33)/t13-,16+,19+/m1/s1. The number of aliphatic hydroxyl groups is 1. The Hall–Kier alpha value is -2.28. The first kappa shape index (κ1) is 28.8. The van der Waals surface area contributed by atoms with Gasteiger partial charge in [-0.3, -0.25) is 19.7 Å². The summed E-state index contributed by atoms with van der Waals surface area (Å²) in [5.74, 6) is -1.27. The maximum atomic E-state index is 12.8. The number of anilines is 1. The van der Waals surface area contributed by atoms with Crippen molar-refractivity contribution in [2.75, 3.05) is 23.7 Å². The van der Waals surface area contributed by atoms with Gasteiger partial charge in [-0.25, -0.2) is 0 Å². The molecule has 0 saturated carbocycles. The monoisotopic (exact) mass is 523 g/mol. The lowest BCUT2D eigenvalue weighted by atomic mass is 10.0. The molecule has 0 heterocycles. The summed E-state index contributed by atoms with van der Waals surface area (Å²) >= 11 is 3.08. The first-order chi connectivity index (χ1) is 15.7. The van der Waals surface area contributed by atoms with Crippen LogP contribution in [-0.4, -0.2) is 73.0 Å². The van der Waals surface area contributed by atoms with Crippen molar-refractivity contribution in [3.05, 3.63) is 29.8 Å². The van der Waals surface area contributed by atoms with Crippen molar-refractivity contribution in [2.45, 2.75) is 50.9 Å². The Morgan fingerprint density at radius 1 is 1.12 bits per heavy atom. The number of unbranched alkanes of at least 4 members (excludes halogenated alkanes) is 1. The fraction of sp³-hybridized carbons (Fsp3) is 0.524. The van der Waals surface area contributed by atoms with Gasteiger partial charge in [0.15, 0.2) is 7.85 Å². The second kappa shape index (κ2) is 15.5. The van der Waals surface area contributed by atoms with E-state index in [0.717, 1.165) is 5.56 Å². The van der Waals surface area contributed by atoms with Gasteiger partial charge in [-0.05, 0) is 50.4 Å². The molecule has 1 aromatic carbocycles. The molecule has 10 nitrogen and oxygen atoms in total. The minimum Gasteiger partial charge on any atom is -0.391 e. The molecule has 0 aliphatic heterocycles. The highest BCUT2D eigenvalue weighted by molar-refractivity contribution is 9.09. The van der Waals surface area contributed by atoms with Crippen molar-refractivity contribution in [2.24, 2.45) is 5.73 Å². The first-order valence-electron chi connectivity index (χ1n) is 10.6. The van der Waals surface area contributed by atoms with Crippen LogP contribution in [0.4, 0.5) is 5.69 Å². The van der Waals surface area contributed by atoms with E-state index in [1.165, 1.54) is 6.92 Å². The van der Waals surface area contributed by atoms with Crippen LogP contribution in [0.5, 0.6) is 0 Å². The molecule has 0 aromatic heterocycles. The number of carbonyl (C=O) groups excluding carboxylic acids is 4. The Kier molecular flexibility index (Phi) is 13.5. The average Bonchev–Trinajstić information content (AvgIpc) is 2.77. The van der Waals surface area contributed by atoms with E-state index in [-0.39, 0.29) is 24.3 Å². The number of hydrogen-bond donors (Lipinski definition) is 6. The number of nitrogens with one attached hydrogen (secondary N) is 4. The van der Waals surface area contributed by atoms with E-state index < -0.39 is 35.7 Å². The molecule has 0 bridgehead atoms. The predicted octanol–water partition coefficient (Wildman–Crippen LogP) is -0.716. The molecule has 2 radical (unpaired) electrons. The zero-order valence-corrected chi connectivity index (χ0v) is 20.2. The number of nitrogens with two attached hydrogens (primary N) is 1. The molecule has 0 fully saturated rings. The Morgan fingerprint density at radius 2 is 1.79 bits per heavy atom. The maximum Gasteiger partial charge on any atom is 0.242 e. The largest absolute Gasteiger partial charge is 0.391 e. The quantitative estimate of drug-likeness (QED) is 0.100. The van der Waals surface area contributed by atoms with Gasteiger partial charge in [-0.15, -0.1) is 0 Å². The molecule has 33 heavy (non-hydrogen) atoms. The molecule has 1 rings (SSSR count). The summed E-state index contributed by atoms with van der Waals surface area (Å²) in [7, 11) is 5.06. The van der Waals surface area contributed by atoms with Gasteiger partial charge < -0.3 is 31.6 Å². The van der Waals surface area contributed by atoms with Crippen molar-refractivity contribution in [1.82, 2.24) is 16.0 Å². The smallest absolute Gasteiger partial charge is 0.242 e. The number of alkyl halides is 1. The molecular weight excluding hydrogens is 493 g/mol. The third-order valence-corrected chi connectivity index (χ3v) is 5.18. The van der Waals surface area contributed by atoms with Crippen molar-refractivity contribution < 1.29 is 24.3 Å². The second-order valence-electron chi connectivity index (χ2n) is 7.51. The van der Waals surface area contributed by atoms with E-state index in [4.69, 9.17) is 13.6 Å². The van der Waals surface area contributed by atoms with E-state index in [9.17, 15) is 24.3 Å². The van der Waals surface area contributed by atoms with E-state index in [1.807, 2.05) is 0 Å². The van der Waals surface area contributed by atoms with E-state index in [0.29, 0.717) is 31.5 Å². The molecule has 0 unspecified atom stereocenters. The number of benzene rings is 1. The summed E-state index contributed by atoms with van der Waals surface area (Å²) < 4.78 is 0. The number of aliphatic hydroxyl groups excluding tert-OH is 1. The zero-order valence-electron chi connectivity index (χ0n) is 18.6. The van der Waals surface area contributed by atoms with E-state index in [2.05, 4.69) is 37.2 Å². The number of rotatable bonds is 15. The van der Waals surface area contributed by atoms with Crippen LogP contribution in [0.3, 0.4) is 0 Å². The molecule has 180 valence electrons. The molecule has 0 aliphatic carbocycles. The average molecular weight is 524 g/mol. The van der Waals surface area contributed by atoms with Crippen molar-refractivity contribution in [3.8, 4) is 0 Å². The van der Waals surface area contributed by atoms with Gasteiger partial charge in [-0.2, -0.15) is 0 Å². The number of halogens is 1. The molecule has 0 spiro atoms. The summed E-state index contributed by atoms with van der Waals surface area (Å²) in [5, 5.41) is 21.0. The van der Waals surface area contributed by atoms with Gasteiger partial charge in [0.05, 0.1) is 23.7 Å². The lowest BCUT2D eigenvalue weighted by molar-refractivity contribution is -0.132. The van der Waals surface area contributed by atoms with Crippen LogP contribution in [0.15, 0.2) is 24.3 Å². The molecule has 0 aliphatic rings. The van der Waals surface area contributed by atoms with Crippen LogP contribution < -0.4 is 27.0 Å². The van der Waals surface area contributed by atoms with Crippen molar-refractivity contribution in [1.29, 1.82) is 0 Å². The Labute approximate surface area is 203 Å². The summed E-state index contributed by atoms with van der Waals surface area (Å²) in [6, 6.07) is 5.13. The van der Waals surface area contributed by atoms with Crippen molar-refractivity contribution >= 4 is 52.9 Å². The molecule has 3 amide bonds. The Balaban J connectivity index is 2.76. The number of hydrogen-bond acceptors (Lipinski definition) is 7. The summed E-state index contributed by atoms with van der Waals surface area (Å²) in [6.07, 6.45) is 0.540. The third kappa shape index (κ3) is 11.4. The normalized spacial score (nSPS) is 13.5. The Morgan fingerprint density at radius 3 is 2.33 bits per heavy atom. The topological polar surface area (TPSA) is 163 Å². The third-order valence-electron chi connectivity index (χ3n) is 4.67. The zero-order chi connectivity index (χ0) is 24.8. The minimum atomic E-state index is -1.04. The van der Waals surface area contributed by atoms with Gasteiger partial charge >= 0.3 is 0 Å². The van der Waals surface area contributed by atoms with Gasteiger partial charge in [0.2, 0.25) is 17.7 Å². The molecular formula is C21H31BBrN5O5. The van der Waals surface area contributed by atoms with Crippen LogP contribution in [0.1, 0.15) is 31.7 Å². The molecule has 7 N–H and O–H groups in total. The Bertz CT molecular complexity index is 794. The molecule has 0 saturated heterocycles. The van der Waals surface area contributed by atoms with E-state index >= 15 is 0 Å². The van der Waals surface area contributed by atoms with E-state index in [1.54, 1.807) is 24.3 Å². The molecule has 12 heteroatoms. The van der Waals surface area contributed by atoms with Crippen LogP contribution in [0.25, 0.3) is 0 Å². The lowest BCUT2D eigenvalue weighted by Gasteiger charge is -2.25. The fourth-order valence-corrected chi connectivity index (χ4v) is 3.07. The second-order valence-corrected chi connectivity index (χ2v) is 8.07. The number of amides is 3. The van der Waals surface area contributed by atoms with Crippen LogP contribution in [0.2, 0.25) is 0 Å². The highest BCUT2D eigenvalue weighted by atomic mass is 79.9. The first-order valence-corrected chi connectivity index (χ1v) is 11.7. The molecule has 3 atom stereocenters. The highest BCUT2D eigenvalue weighted by Gasteiger charge is 2.28. The summed E-state index contributed by atoms with van der Waals surface area (Å²) in [4.78, 5) is 47.6. The maximum absolute atomic E-state index is 12.8. The lowest BCUT2D eigenvalue weighted by Crippen LogP contribution is -2.56.